The van der Waals surface area contributed by atoms with Gasteiger partial charge in [-0.15, -0.1) is 0 Å². The zero-order valence-electron chi connectivity index (χ0n) is 27.4. The van der Waals surface area contributed by atoms with Crippen molar-refractivity contribution in [2.45, 2.75) is 24.1 Å². The van der Waals surface area contributed by atoms with E-state index in [2.05, 4.69) is 10.6 Å². The molecule has 0 saturated heterocycles. The van der Waals surface area contributed by atoms with Crippen LogP contribution in [0.1, 0.15) is 33.6 Å². The van der Waals surface area contributed by atoms with Crippen molar-refractivity contribution in [3.05, 3.63) is 71.1 Å². The quantitative estimate of drug-likeness (QED) is 0.0742. The molecule has 0 unspecified atom stereocenters. The normalized spacial score (nSPS) is 12.4. The van der Waals surface area contributed by atoms with E-state index in [0.717, 1.165) is 11.0 Å². The van der Waals surface area contributed by atoms with E-state index in [0.29, 0.717) is 46.4 Å². The lowest BCUT2D eigenvalue weighted by Gasteiger charge is -2.21. The monoisotopic (exact) mass is 694 g/mol. The number of rotatable bonds is 14. The van der Waals surface area contributed by atoms with E-state index in [-0.39, 0.29) is 22.8 Å². The van der Waals surface area contributed by atoms with Crippen LogP contribution in [0.3, 0.4) is 0 Å². The molecule has 2 aliphatic rings. The lowest BCUT2D eigenvalue weighted by Crippen LogP contribution is -2.48. The third-order valence-electron chi connectivity index (χ3n) is 7.81. The highest BCUT2D eigenvalue weighted by Gasteiger charge is 2.26. The molecule has 0 aromatic heterocycles. The van der Waals surface area contributed by atoms with Gasteiger partial charge in [0, 0.05) is 65.8 Å². The predicted molar refractivity (Wildman–Crippen MR) is 192 cm³/mol. The van der Waals surface area contributed by atoms with E-state index in [1.54, 1.807) is 16.9 Å². The number of fused-ring (bicyclic) bond motifs is 2. The summed E-state index contributed by atoms with van der Waals surface area (Å²) in [5.41, 5.74) is 8.95. The minimum Gasteiger partial charge on any atom is -0.480 e. The molecule has 48 heavy (non-hydrogen) atoms. The van der Waals surface area contributed by atoms with Gasteiger partial charge in [-0.05, 0) is 55.0 Å². The molecule has 2 aromatic carbocycles. The molecule has 14 heteroatoms. The number of carboxylic acid groups (broad SMARTS) is 2. The molecule has 12 nitrogen and oxygen atoms in total. The van der Waals surface area contributed by atoms with Crippen LogP contribution < -0.4 is 31.2 Å². The first-order chi connectivity index (χ1) is 22.8. The number of aliphatic carboxylic acids is 1. The van der Waals surface area contributed by atoms with E-state index in [4.69, 9.17) is 15.3 Å². The Labute approximate surface area is 286 Å². The van der Waals surface area contributed by atoms with Crippen molar-refractivity contribution in [1.29, 1.82) is 0 Å². The van der Waals surface area contributed by atoms with Gasteiger partial charge in [0.05, 0.1) is 11.6 Å². The Hall–Kier alpha value is -4.53. The fraction of sp³-hybridized carbons (Fsp3) is 0.324. The topological polar surface area (TPSA) is 178 Å². The molecule has 0 fully saturated rings. The number of hydrogen-bond donors (Lipinski definition) is 5. The van der Waals surface area contributed by atoms with Crippen LogP contribution in [0.15, 0.2) is 59.0 Å². The molecule has 0 bridgehead atoms. The average Bonchev–Trinajstić information content (AvgIpc) is 3.06. The van der Waals surface area contributed by atoms with Crippen LogP contribution in [0.2, 0.25) is 0 Å². The number of anilines is 1. The van der Waals surface area contributed by atoms with Gasteiger partial charge >= 0.3 is 11.9 Å². The third kappa shape index (κ3) is 8.48. The van der Waals surface area contributed by atoms with Crippen molar-refractivity contribution in [3.63, 3.8) is 0 Å². The Morgan fingerprint density at radius 2 is 1.71 bits per heavy atom. The number of carbonyl (C=O) groups excluding carboxylic acids is 2. The van der Waals surface area contributed by atoms with E-state index < -0.39 is 36.3 Å². The fourth-order valence-electron chi connectivity index (χ4n) is 5.28. The molecule has 4 rings (SSSR count). The number of benzene rings is 3. The second-order valence-corrected chi connectivity index (χ2v) is 14.3. The molecule has 0 saturated carbocycles. The Morgan fingerprint density at radius 3 is 2.33 bits per heavy atom. The van der Waals surface area contributed by atoms with Gasteiger partial charge in [0.15, 0.2) is 0 Å². The van der Waals surface area contributed by atoms with Gasteiger partial charge < -0.3 is 35.9 Å². The summed E-state index contributed by atoms with van der Waals surface area (Å²) in [4.78, 5) is 52.3. The minimum absolute atomic E-state index is 0.00874. The molecular formula is C34H40N5O7S2+. The number of carbonyl (C=O) groups is 4. The SMILES string of the molecule is CSS[C@H](CN)CC[C@H](NC(=O)c1ccc(-c2c3ccc(=[N+](C)C)cc-3oc3cc(N(C)C)ccc23)c(C(=O)O)c1)C(=O)NCC(=O)O. The fourth-order valence-corrected chi connectivity index (χ4v) is 7.21. The van der Waals surface area contributed by atoms with E-state index in [9.17, 15) is 24.3 Å². The van der Waals surface area contributed by atoms with Gasteiger partial charge in [-0.25, -0.2) is 9.37 Å². The molecule has 2 aromatic rings. The Bertz CT molecular complexity index is 1890. The Morgan fingerprint density at radius 1 is 0.979 bits per heavy atom. The highest BCUT2D eigenvalue weighted by atomic mass is 33.1. The van der Waals surface area contributed by atoms with E-state index in [1.807, 2.05) is 80.3 Å². The number of amides is 2. The summed E-state index contributed by atoms with van der Waals surface area (Å²) in [6, 6.07) is 14.7. The highest BCUT2D eigenvalue weighted by Crippen LogP contribution is 2.42. The molecule has 2 amide bonds. The first kappa shape index (κ1) is 36.3. The second-order valence-electron chi connectivity index (χ2n) is 11.5. The molecule has 2 atom stereocenters. The lowest BCUT2D eigenvalue weighted by molar-refractivity contribution is -0.138. The number of hydrogen-bond acceptors (Lipinski definition) is 9. The summed E-state index contributed by atoms with van der Waals surface area (Å²) in [5, 5.41) is 26.1. The zero-order valence-corrected chi connectivity index (χ0v) is 29.0. The predicted octanol–water partition coefficient (Wildman–Crippen LogP) is 3.42. The number of aromatic carboxylic acids is 1. The van der Waals surface area contributed by atoms with Crippen LogP contribution in [0.5, 0.6) is 0 Å². The number of nitrogens with two attached hydrogens (primary N) is 1. The maximum Gasteiger partial charge on any atom is 0.336 e. The first-order valence-electron chi connectivity index (χ1n) is 15.1. The van der Waals surface area contributed by atoms with Crippen molar-refractivity contribution < 1.29 is 33.8 Å². The molecule has 0 spiro atoms. The minimum atomic E-state index is -1.24. The maximum atomic E-state index is 13.5. The number of nitrogens with one attached hydrogen (secondary N) is 2. The van der Waals surface area contributed by atoms with Gasteiger partial charge in [-0.2, -0.15) is 0 Å². The van der Waals surface area contributed by atoms with Gasteiger partial charge in [-0.3, -0.25) is 14.4 Å². The van der Waals surface area contributed by atoms with Crippen LogP contribution >= 0.6 is 21.6 Å². The van der Waals surface area contributed by atoms with Crippen LogP contribution in [0, 0.1) is 0 Å². The van der Waals surface area contributed by atoms with Crippen LogP contribution in [-0.4, -0.2) is 92.8 Å². The molecule has 0 radical (unpaired) electrons. The summed E-state index contributed by atoms with van der Waals surface area (Å²) in [5.74, 6) is -3.25. The van der Waals surface area contributed by atoms with Gasteiger partial charge in [0.2, 0.25) is 11.3 Å². The highest BCUT2D eigenvalue weighted by molar-refractivity contribution is 8.76. The van der Waals surface area contributed by atoms with Gasteiger partial charge in [-0.1, -0.05) is 27.7 Å². The smallest absolute Gasteiger partial charge is 0.336 e. The molecular weight excluding hydrogens is 655 g/mol. The molecule has 6 N–H and O–H groups in total. The van der Waals surface area contributed by atoms with E-state index >= 15 is 0 Å². The van der Waals surface area contributed by atoms with Crippen molar-refractivity contribution in [2.75, 3.05) is 52.4 Å². The summed E-state index contributed by atoms with van der Waals surface area (Å²) in [6.07, 6.45) is 2.59. The van der Waals surface area contributed by atoms with Crippen LogP contribution in [-0.2, 0) is 9.59 Å². The summed E-state index contributed by atoms with van der Waals surface area (Å²) >= 11 is 0. The van der Waals surface area contributed by atoms with Gasteiger partial charge in [0.25, 0.3) is 5.91 Å². The Kier molecular flexibility index (Phi) is 12.1. The lowest BCUT2D eigenvalue weighted by atomic mass is 9.89. The van der Waals surface area contributed by atoms with Gasteiger partial charge in [0.1, 0.15) is 38.0 Å². The van der Waals surface area contributed by atoms with Crippen molar-refractivity contribution >= 4 is 62.0 Å². The maximum absolute atomic E-state index is 13.5. The average molecular weight is 695 g/mol. The zero-order chi connectivity index (χ0) is 35.1. The first-order valence-corrected chi connectivity index (χ1v) is 17.7. The van der Waals surface area contributed by atoms with E-state index in [1.165, 1.54) is 22.9 Å². The standard InChI is InChI=1S/C34H39N5O7S2/c1-38(2)20-7-11-24-28(15-20)46-29-16-21(39(3)4)8-12-25(29)31(24)23-10-6-19(14-26(23)34(44)45)32(42)37-27(33(43)36-18-30(40)41)13-9-22(17-35)48-47-5/h6-8,10-12,14-16,22,27H,9,13,17-18,35H2,1-5H3,(H3-,36,37,40,41,42,43,44,45)/p+1/t22-,27-/m0/s1. The Balaban J connectivity index is 1.80. The molecule has 254 valence electrons. The second kappa shape index (κ2) is 16.0. The van der Waals surface area contributed by atoms with Crippen LogP contribution in [0.4, 0.5) is 5.69 Å². The summed E-state index contributed by atoms with van der Waals surface area (Å²) in [6.45, 7) is -0.254. The largest absolute Gasteiger partial charge is 0.480 e. The van der Waals surface area contributed by atoms with Crippen molar-refractivity contribution in [2.24, 2.45) is 5.73 Å². The molecule has 1 aliphatic heterocycles. The van der Waals surface area contributed by atoms with Crippen LogP contribution in [0.25, 0.3) is 33.4 Å². The third-order valence-corrected chi connectivity index (χ3v) is 10.1. The molecule has 1 aliphatic carbocycles. The number of nitrogens with zero attached hydrogens (tertiary/aromatic N) is 2. The van der Waals surface area contributed by atoms with Crippen molar-refractivity contribution in [3.8, 4) is 22.5 Å². The summed E-state index contributed by atoms with van der Waals surface area (Å²) < 4.78 is 8.31. The van der Waals surface area contributed by atoms with Crippen molar-refractivity contribution in [1.82, 2.24) is 15.2 Å². The molecule has 1 heterocycles. The summed E-state index contributed by atoms with van der Waals surface area (Å²) in [7, 11) is 10.7. The number of carboxylic acids is 2.